The van der Waals surface area contributed by atoms with Crippen LogP contribution in [0.2, 0.25) is 0 Å². The maximum atomic E-state index is 9.56. The molecule has 4 heteroatoms. The molecule has 20 heavy (non-hydrogen) atoms. The summed E-state index contributed by atoms with van der Waals surface area (Å²) in [4.78, 5) is 0. The monoisotopic (exact) mass is 334 g/mol. The minimum atomic E-state index is -0.0308. The van der Waals surface area contributed by atoms with E-state index in [1.807, 2.05) is 37.3 Å². The van der Waals surface area contributed by atoms with Gasteiger partial charge in [0.2, 0.25) is 0 Å². The van der Waals surface area contributed by atoms with E-state index in [1.54, 1.807) is 0 Å². The summed E-state index contributed by atoms with van der Waals surface area (Å²) in [5.74, 6) is 0. The molecule has 0 aliphatic carbocycles. The zero-order chi connectivity index (χ0) is 14.5. The van der Waals surface area contributed by atoms with Crippen LogP contribution in [0.1, 0.15) is 11.1 Å². The third kappa shape index (κ3) is 3.74. The molecule has 4 N–H and O–H groups in total. The van der Waals surface area contributed by atoms with Gasteiger partial charge in [-0.3, -0.25) is 0 Å². The number of benzene rings is 2. The highest BCUT2D eigenvalue weighted by Gasteiger charge is 2.11. The van der Waals surface area contributed by atoms with Crippen LogP contribution in [0.5, 0.6) is 0 Å². The number of nitrogens with one attached hydrogen (secondary N) is 1. The Bertz CT molecular complexity index is 572. The second-order valence-corrected chi connectivity index (χ2v) is 5.76. The molecule has 0 spiro atoms. The number of hydrogen-bond acceptors (Lipinski definition) is 3. The highest BCUT2D eigenvalue weighted by molar-refractivity contribution is 9.10. The highest BCUT2D eigenvalue weighted by atomic mass is 79.9. The predicted molar refractivity (Wildman–Crippen MR) is 87.9 cm³/mol. The Morgan fingerprint density at radius 1 is 1.25 bits per heavy atom. The summed E-state index contributed by atoms with van der Waals surface area (Å²) in [5.41, 5.74) is 9.79. The van der Waals surface area contributed by atoms with Gasteiger partial charge >= 0.3 is 0 Å². The Hall–Kier alpha value is -1.52. The van der Waals surface area contributed by atoms with Crippen LogP contribution < -0.4 is 11.1 Å². The normalized spacial score (nSPS) is 12.2. The lowest BCUT2D eigenvalue weighted by Gasteiger charge is -2.19. The van der Waals surface area contributed by atoms with Gasteiger partial charge in [0.15, 0.2) is 0 Å². The van der Waals surface area contributed by atoms with E-state index in [0.717, 1.165) is 27.8 Å². The molecule has 0 radical (unpaired) electrons. The van der Waals surface area contributed by atoms with Gasteiger partial charge < -0.3 is 16.2 Å². The highest BCUT2D eigenvalue weighted by Crippen LogP contribution is 2.28. The fraction of sp³-hybridized carbons (Fsp3) is 0.250. The van der Waals surface area contributed by atoms with Gasteiger partial charge in [0.25, 0.3) is 0 Å². The van der Waals surface area contributed by atoms with Crippen LogP contribution in [0.15, 0.2) is 46.9 Å². The molecule has 0 bridgehead atoms. The number of hydrogen-bond donors (Lipinski definition) is 3. The number of aryl methyl sites for hydroxylation is 1. The van der Waals surface area contributed by atoms with E-state index in [9.17, 15) is 5.11 Å². The second-order valence-electron chi connectivity index (χ2n) is 4.90. The van der Waals surface area contributed by atoms with Gasteiger partial charge in [-0.2, -0.15) is 0 Å². The van der Waals surface area contributed by atoms with E-state index in [-0.39, 0.29) is 12.6 Å². The molecule has 2 rings (SSSR count). The van der Waals surface area contributed by atoms with Crippen LogP contribution in [0.4, 0.5) is 11.4 Å². The molecule has 0 aliphatic rings. The fourth-order valence-corrected chi connectivity index (χ4v) is 2.56. The quantitative estimate of drug-likeness (QED) is 0.735. The van der Waals surface area contributed by atoms with Crippen molar-refractivity contribution in [2.24, 2.45) is 0 Å². The summed E-state index contributed by atoms with van der Waals surface area (Å²) < 4.78 is 0.909. The van der Waals surface area contributed by atoms with Crippen molar-refractivity contribution in [1.82, 2.24) is 0 Å². The van der Waals surface area contributed by atoms with Gasteiger partial charge in [-0.05, 0) is 52.5 Å². The summed E-state index contributed by atoms with van der Waals surface area (Å²) >= 11 is 3.50. The van der Waals surface area contributed by atoms with E-state index in [0.29, 0.717) is 0 Å². The van der Waals surface area contributed by atoms with Crippen molar-refractivity contribution in [1.29, 1.82) is 0 Å². The van der Waals surface area contributed by atoms with Gasteiger partial charge in [-0.25, -0.2) is 0 Å². The summed E-state index contributed by atoms with van der Waals surface area (Å²) in [6.07, 6.45) is 0.771. The molecule has 0 amide bonds. The van der Waals surface area contributed by atoms with Crippen molar-refractivity contribution in [3.8, 4) is 0 Å². The Balaban J connectivity index is 2.12. The van der Waals surface area contributed by atoms with Crippen LogP contribution in [0, 0.1) is 6.92 Å². The average Bonchev–Trinajstić information content (AvgIpc) is 2.45. The maximum absolute atomic E-state index is 9.56. The van der Waals surface area contributed by atoms with Crippen LogP contribution in [-0.2, 0) is 6.42 Å². The Morgan fingerprint density at radius 3 is 2.60 bits per heavy atom. The van der Waals surface area contributed by atoms with Gasteiger partial charge in [-0.1, -0.05) is 30.3 Å². The number of rotatable bonds is 5. The Morgan fingerprint density at radius 2 is 1.95 bits per heavy atom. The summed E-state index contributed by atoms with van der Waals surface area (Å²) in [7, 11) is 0. The molecule has 2 aromatic rings. The predicted octanol–water partition coefficient (Wildman–Crippen LogP) is 3.36. The van der Waals surface area contributed by atoms with E-state index in [2.05, 4.69) is 33.4 Å². The number of anilines is 2. The summed E-state index contributed by atoms with van der Waals surface area (Å²) in [6.45, 7) is 2.04. The smallest absolute Gasteiger partial charge is 0.0636 e. The van der Waals surface area contributed by atoms with E-state index in [4.69, 9.17) is 5.73 Å². The lowest BCUT2D eigenvalue weighted by atomic mass is 10.1. The van der Waals surface area contributed by atoms with Crippen LogP contribution in [-0.4, -0.2) is 17.8 Å². The van der Waals surface area contributed by atoms with Crippen LogP contribution >= 0.6 is 15.9 Å². The first-order chi connectivity index (χ1) is 9.60. The molecule has 1 atom stereocenters. The first kappa shape index (κ1) is 14.9. The molecule has 106 valence electrons. The number of nitrogen functional groups attached to an aromatic ring is 1. The Kier molecular flexibility index (Phi) is 5.04. The van der Waals surface area contributed by atoms with E-state index < -0.39 is 0 Å². The SMILES string of the molecule is Cc1cc(NC(CO)Cc2ccccc2)c(Br)cc1N. The van der Waals surface area contributed by atoms with Crippen molar-refractivity contribution >= 4 is 27.3 Å². The average molecular weight is 335 g/mol. The molecule has 2 aromatic carbocycles. The molecular weight excluding hydrogens is 316 g/mol. The van der Waals surface area contributed by atoms with Gasteiger partial charge in [0.05, 0.1) is 12.6 Å². The van der Waals surface area contributed by atoms with Crippen LogP contribution in [0.25, 0.3) is 0 Å². The summed E-state index contributed by atoms with van der Waals surface area (Å²) in [6, 6.07) is 14.0. The number of aliphatic hydroxyl groups is 1. The number of halogens is 1. The second kappa shape index (κ2) is 6.77. The third-order valence-corrected chi connectivity index (χ3v) is 3.92. The number of nitrogens with two attached hydrogens (primary N) is 1. The lowest BCUT2D eigenvalue weighted by Crippen LogP contribution is -2.26. The topological polar surface area (TPSA) is 58.3 Å². The third-order valence-electron chi connectivity index (χ3n) is 3.26. The first-order valence-corrected chi connectivity index (χ1v) is 7.36. The Labute approximate surface area is 127 Å². The fourth-order valence-electron chi connectivity index (χ4n) is 2.09. The molecule has 0 saturated carbocycles. The molecule has 0 aliphatic heterocycles. The van der Waals surface area contributed by atoms with Crippen LogP contribution in [0.3, 0.4) is 0 Å². The van der Waals surface area contributed by atoms with Crippen molar-refractivity contribution < 1.29 is 5.11 Å². The molecule has 3 nitrogen and oxygen atoms in total. The van der Waals surface area contributed by atoms with Gasteiger partial charge in [-0.15, -0.1) is 0 Å². The summed E-state index contributed by atoms with van der Waals surface area (Å²) in [5, 5.41) is 12.9. The molecule has 0 saturated heterocycles. The van der Waals surface area contributed by atoms with Crippen molar-refractivity contribution in [3.05, 3.63) is 58.1 Å². The van der Waals surface area contributed by atoms with E-state index in [1.165, 1.54) is 5.56 Å². The first-order valence-electron chi connectivity index (χ1n) is 6.57. The molecule has 1 unspecified atom stereocenters. The van der Waals surface area contributed by atoms with Crippen molar-refractivity contribution in [2.75, 3.05) is 17.7 Å². The minimum absolute atomic E-state index is 0.0308. The zero-order valence-electron chi connectivity index (χ0n) is 11.4. The van der Waals surface area contributed by atoms with E-state index >= 15 is 0 Å². The van der Waals surface area contributed by atoms with Crippen molar-refractivity contribution in [3.63, 3.8) is 0 Å². The molecule has 0 aromatic heterocycles. The van der Waals surface area contributed by atoms with Crippen molar-refractivity contribution in [2.45, 2.75) is 19.4 Å². The molecular formula is C16H19BrN2O. The molecule has 0 fully saturated rings. The zero-order valence-corrected chi connectivity index (χ0v) is 13.0. The number of aliphatic hydroxyl groups excluding tert-OH is 1. The van der Waals surface area contributed by atoms with Gasteiger partial charge in [0.1, 0.15) is 0 Å². The van der Waals surface area contributed by atoms with Gasteiger partial charge in [0, 0.05) is 15.8 Å². The standard InChI is InChI=1S/C16H19BrN2O/c1-11-7-16(14(17)9-15(11)18)19-13(10-20)8-12-5-3-2-4-6-12/h2-7,9,13,19-20H,8,10,18H2,1H3. The largest absolute Gasteiger partial charge is 0.398 e. The molecule has 0 heterocycles. The lowest BCUT2D eigenvalue weighted by molar-refractivity contribution is 0.273. The minimum Gasteiger partial charge on any atom is -0.398 e. The maximum Gasteiger partial charge on any atom is 0.0636 e.